The molecule has 0 fully saturated rings. The molecule has 0 aliphatic heterocycles. The number of anilines is 1. The van der Waals surface area contributed by atoms with Gasteiger partial charge in [-0.3, -0.25) is 14.6 Å². The predicted octanol–water partition coefficient (Wildman–Crippen LogP) is 4.50. The third kappa shape index (κ3) is 4.80. The van der Waals surface area contributed by atoms with Gasteiger partial charge in [0.2, 0.25) is 0 Å². The molecule has 0 unspecified atom stereocenters. The predicted molar refractivity (Wildman–Crippen MR) is 117 cm³/mol. The summed E-state index contributed by atoms with van der Waals surface area (Å²) in [5, 5.41) is 2.93. The number of nitrogens with one attached hydrogen (secondary N) is 1. The Hall–Kier alpha value is -3.21. The van der Waals surface area contributed by atoms with Gasteiger partial charge in [0.15, 0.2) is 5.43 Å². The Kier molecular flexibility index (Phi) is 6.60. The highest BCUT2D eigenvalue weighted by molar-refractivity contribution is 6.05. The molecule has 0 aliphatic rings. The second-order valence-electron chi connectivity index (χ2n) is 7.29. The molecule has 3 aromatic rings. The van der Waals surface area contributed by atoms with Crippen LogP contribution in [0.2, 0.25) is 0 Å². The molecule has 0 saturated carbocycles. The molecule has 1 aromatic carbocycles. The Balaban J connectivity index is 2.07. The molecule has 0 bridgehead atoms. The number of nitrogens with zero attached hydrogens (tertiary/aromatic N) is 2. The number of rotatable bonds is 7. The van der Waals surface area contributed by atoms with Crippen LogP contribution in [-0.4, -0.2) is 15.5 Å². The second-order valence-corrected chi connectivity index (χ2v) is 7.29. The van der Waals surface area contributed by atoms with E-state index in [0.717, 1.165) is 41.0 Å². The molecule has 5 nitrogen and oxygen atoms in total. The van der Waals surface area contributed by atoms with Crippen LogP contribution in [0.25, 0.3) is 0 Å². The zero-order chi connectivity index (χ0) is 20.8. The summed E-state index contributed by atoms with van der Waals surface area (Å²) in [5.74, 6) is -0.352. The first kappa shape index (κ1) is 20.5. The Morgan fingerprint density at radius 1 is 1.14 bits per heavy atom. The van der Waals surface area contributed by atoms with E-state index in [-0.39, 0.29) is 16.9 Å². The number of hydrogen-bond acceptors (Lipinski definition) is 3. The quantitative estimate of drug-likeness (QED) is 0.647. The van der Waals surface area contributed by atoms with E-state index in [0.29, 0.717) is 13.0 Å². The van der Waals surface area contributed by atoms with Gasteiger partial charge in [0.25, 0.3) is 5.91 Å². The highest BCUT2D eigenvalue weighted by Crippen LogP contribution is 2.18. The third-order valence-corrected chi connectivity index (χ3v) is 5.08. The number of aromatic nitrogens is 2. The Labute approximate surface area is 171 Å². The molecule has 0 saturated heterocycles. The molecular weight excluding hydrogens is 362 g/mol. The average Bonchev–Trinajstić information content (AvgIpc) is 2.71. The maximum Gasteiger partial charge on any atom is 0.261 e. The van der Waals surface area contributed by atoms with Crippen LogP contribution in [0.1, 0.15) is 52.6 Å². The zero-order valence-corrected chi connectivity index (χ0v) is 17.2. The normalized spacial score (nSPS) is 10.7. The van der Waals surface area contributed by atoms with Crippen molar-refractivity contribution in [1.82, 2.24) is 9.55 Å². The maximum atomic E-state index is 13.2. The third-order valence-electron chi connectivity index (χ3n) is 5.08. The summed E-state index contributed by atoms with van der Waals surface area (Å²) in [5.41, 5.74) is 4.33. The smallest absolute Gasteiger partial charge is 0.261 e. The summed E-state index contributed by atoms with van der Waals surface area (Å²) in [4.78, 5) is 30.2. The largest absolute Gasteiger partial charge is 0.343 e. The van der Waals surface area contributed by atoms with Gasteiger partial charge in [0.1, 0.15) is 5.56 Å². The van der Waals surface area contributed by atoms with Gasteiger partial charge in [-0.15, -0.1) is 0 Å². The minimum atomic E-state index is -0.352. The summed E-state index contributed by atoms with van der Waals surface area (Å²) < 4.78 is 2.07. The van der Waals surface area contributed by atoms with E-state index in [9.17, 15) is 9.59 Å². The number of pyridine rings is 2. The summed E-state index contributed by atoms with van der Waals surface area (Å²) in [6, 6.07) is 13.0. The number of amides is 1. The van der Waals surface area contributed by atoms with Crippen LogP contribution < -0.4 is 10.7 Å². The molecule has 0 radical (unpaired) electrons. The molecule has 2 heterocycles. The van der Waals surface area contributed by atoms with E-state index >= 15 is 0 Å². The van der Waals surface area contributed by atoms with E-state index in [1.807, 2.05) is 56.4 Å². The second kappa shape index (κ2) is 9.32. The summed E-state index contributed by atoms with van der Waals surface area (Å²) >= 11 is 0. The van der Waals surface area contributed by atoms with Gasteiger partial charge in [-0.25, -0.2) is 0 Å². The Morgan fingerprint density at radius 3 is 2.62 bits per heavy atom. The van der Waals surface area contributed by atoms with Gasteiger partial charge >= 0.3 is 0 Å². The van der Waals surface area contributed by atoms with Gasteiger partial charge in [-0.1, -0.05) is 37.6 Å². The summed E-state index contributed by atoms with van der Waals surface area (Å²) in [6.45, 7) is 6.52. The molecule has 1 amide bonds. The van der Waals surface area contributed by atoms with Crippen molar-refractivity contribution >= 4 is 11.6 Å². The van der Waals surface area contributed by atoms with E-state index in [4.69, 9.17) is 0 Å². The molecule has 150 valence electrons. The number of carbonyl (C=O) groups excluding carboxylic acids is 1. The molecule has 3 rings (SSSR count). The topological polar surface area (TPSA) is 64.0 Å². The highest BCUT2D eigenvalue weighted by atomic mass is 16.2. The fourth-order valence-electron chi connectivity index (χ4n) is 3.47. The minimum absolute atomic E-state index is 0.233. The number of unbranched alkanes of at least 4 members (excludes halogenated alkanes) is 1. The van der Waals surface area contributed by atoms with Crippen molar-refractivity contribution in [3.8, 4) is 0 Å². The monoisotopic (exact) mass is 389 g/mol. The molecule has 2 aromatic heterocycles. The van der Waals surface area contributed by atoms with Gasteiger partial charge in [0, 0.05) is 42.1 Å². The first-order valence-electron chi connectivity index (χ1n) is 10.0. The maximum absolute atomic E-state index is 13.2. The van der Waals surface area contributed by atoms with Gasteiger partial charge in [-0.05, 0) is 49.9 Å². The van der Waals surface area contributed by atoms with Crippen LogP contribution in [0.4, 0.5) is 5.69 Å². The number of para-hydroxylation sites is 1. The molecule has 5 heteroatoms. The van der Waals surface area contributed by atoms with Crippen molar-refractivity contribution in [2.75, 3.05) is 5.32 Å². The summed E-state index contributed by atoms with van der Waals surface area (Å²) in [7, 11) is 0. The van der Waals surface area contributed by atoms with Crippen molar-refractivity contribution < 1.29 is 4.79 Å². The lowest BCUT2D eigenvalue weighted by Crippen LogP contribution is -2.29. The van der Waals surface area contributed by atoms with Crippen LogP contribution >= 0.6 is 0 Å². The fraction of sp³-hybridized carbons (Fsp3) is 0.292. The van der Waals surface area contributed by atoms with Crippen molar-refractivity contribution in [1.29, 1.82) is 0 Å². The van der Waals surface area contributed by atoms with Crippen LogP contribution in [0.15, 0.2) is 59.7 Å². The van der Waals surface area contributed by atoms with E-state index in [1.54, 1.807) is 12.3 Å². The Morgan fingerprint density at radius 2 is 1.93 bits per heavy atom. The minimum Gasteiger partial charge on any atom is -0.343 e. The van der Waals surface area contributed by atoms with Crippen LogP contribution in [0.5, 0.6) is 0 Å². The average molecular weight is 389 g/mol. The van der Waals surface area contributed by atoms with Crippen molar-refractivity contribution in [2.24, 2.45) is 0 Å². The van der Waals surface area contributed by atoms with E-state index < -0.39 is 0 Å². The number of benzene rings is 1. The molecular formula is C24H27N3O2. The van der Waals surface area contributed by atoms with E-state index in [2.05, 4.69) is 21.8 Å². The first-order chi connectivity index (χ1) is 14.0. The van der Waals surface area contributed by atoms with E-state index in [1.165, 1.54) is 0 Å². The molecule has 0 aliphatic carbocycles. The molecule has 29 heavy (non-hydrogen) atoms. The SMILES string of the molecule is CCCCc1c(C(=O)Nc2ccccc2C)c(=O)cc(C)n1Cc1cccnc1. The highest BCUT2D eigenvalue weighted by Gasteiger charge is 2.20. The van der Waals surface area contributed by atoms with Crippen molar-refractivity contribution in [3.05, 3.63) is 93.2 Å². The van der Waals surface area contributed by atoms with Gasteiger partial charge in [0.05, 0.1) is 0 Å². The van der Waals surface area contributed by atoms with Crippen LogP contribution in [0.3, 0.4) is 0 Å². The lowest BCUT2D eigenvalue weighted by molar-refractivity contribution is 0.102. The van der Waals surface area contributed by atoms with Gasteiger partial charge < -0.3 is 9.88 Å². The molecule has 0 spiro atoms. The van der Waals surface area contributed by atoms with Crippen molar-refractivity contribution in [2.45, 2.75) is 46.6 Å². The lowest BCUT2D eigenvalue weighted by Gasteiger charge is -2.20. The van der Waals surface area contributed by atoms with Gasteiger partial charge in [-0.2, -0.15) is 0 Å². The number of hydrogen-bond donors (Lipinski definition) is 1. The fourth-order valence-corrected chi connectivity index (χ4v) is 3.47. The summed E-state index contributed by atoms with van der Waals surface area (Å²) in [6.07, 6.45) is 6.10. The Bertz CT molecular complexity index is 1060. The standard InChI is InChI=1S/C24H27N3O2/c1-4-5-12-21-23(24(29)26-20-11-7-6-9-17(20)2)22(28)14-18(3)27(21)16-19-10-8-13-25-15-19/h6-11,13-15H,4-5,12,16H2,1-3H3,(H,26,29). The van der Waals surface area contributed by atoms with Crippen LogP contribution in [0, 0.1) is 13.8 Å². The number of carbonyl (C=O) groups is 1. The number of aryl methyl sites for hydroxylation is 2. The molecule has 1 N–H and O–H groups in total. The van der Waals surface area contributed by atoms with Crippen LogP contribution in [-0.2, 0) is 13.0 Å². The first-order valence-corrected chi connectivity index (χ1v) is 10.0. The molecule has 0 atom stereocenters. The zero-order valence-electron chi connectivity index (χ0n) is 17.2. The lowest BCUT2D eigenvalue weighted by atomic mass is 10.0. The van der Waals surface area contributed by atoms with Crippen molar-refractivity contribution in [3.63, 3.8) is 0 Å².